The SMILES string of the molecule is CCC(CC)CS(=O)(=O)NC(C)C(O)c1ccc(F)c(F)c1. The van der Waals surface area contributed by atoms with Crippen LogP contribution in [0.15, 0.2) is 18.2 Å². The van der Waals surface area contributed by atoms with Gasteiger partial charge in [0, 0.05) is 6.04 Å². The molecular weight excluding hydrogens is 312 g/mol. The van der Waals surface area contributed by atoms with E-state index in [1.165, 1.54) is 13.0 Å². The Morgan fingerprint density at radius 2 is 1.77 bits per heavy atom. The van der Waals surface area contributed by atoms with Gasteiger partial charge in [-0.1, -0.05) is 32.8 Å². The van der Waals surface area contributed by atoms with Gasteiger partial charge in [0.15, 0.2) is 11.6 Å². The Morgan fingerprint density at radius 3 is 2.27 bits per heavy atom. The van der Waals surface area contributed by atoms with Crippen LogP contribution in [0, 0.1) is 17.6 Å². The van der Waals surface area contributed by atoms with Crippen molar-refractivity contribution < 1.29 is 22.3 Å². The second-order valence-electron chi connectivity index (χ2n) is 5.49. The molecule has 0 heterocycles. The molecule has 2 atom stereocenters. The minimum atomic E-state index is -3.55. The van der Waals surface area contributed by atoms with Gasteiger partial charge in [0.1, 0.15) is 0 Å². The summed E-state index contributed by atoms with van der Waals surface area (Å²) < 4.78 is 52.6. The Bertz CT molecular complexity index is 588. The van der Waals surface area contributed by atoms with Crippen LogP contribution in [0.5, 0.6) is 0 Å². The van der Waals surface area contributed by atoms with Crippen LogP contribution >= 0.6 is 0 Å². The smallest absolute Gasteiger partial charge is 0.212 e. The molecule has 4 nitrogen and oxygen atoms in total. The average Bonchev–Trinajstić information content (AvgIpc) is 2.46. The van der Waals surface area contributed by atoms with Crippen molar-refractivity contribution >= 4 is 10.0 Å². The van der Waals surface area contributed by atoms with E-state index in [9.17, 15) is 22.3 Å². The summed E-state index contributed by atoms with van der Waals surface area (Å²) in [6.07, 6.45) is 0.237. The van der Waals surface area contributed by atoms with Gasteiger partial charge < -0.3 is 5.11 Å². The highest BCUT2D eigenvalue weighted by Gasteiger charge is 2.24. The molecule has 1 rings (SSSR count). The van der Waals surface area contributed by atoms with Gasteiger partial charge in [-0.05, 0) is 30.5 Å². The number of rotatable bonds is 8. The fourth-order valence-electron chi connectivity index (χ4n) is 2.22. The molecule has 2 N–H and O–H groups in total. The van der Waals surface area contributed by atoms with Crippen LogP contribution in [0.25, 0.3) is 0 Å². The molecule has 7 heteroatoms. The molecule has 22 heavy (non-hydrogen) atoms. The molecule has 0 aromatic heterocycles. The zero-order chi connectivity index (χ0) is 16.9. The van der Waals surface area contributed by atoms with Gasteiger partial charge in [0.05, 0.1) is 11.9 Å². The van der Waals surface area contributed by atoms with E-state index in [-0.39, 0.29) is 17.2 Å². The minimum absolute atomic E-state index is 0.0190. The Kier molecular flexibility index (Phi) is 6.90. The molecule has 1 aromatic carbocycles. The van der Waals surface area contributed by atoms with Crippen molar-refractivity contribution in [2.75, 3.05) is 5.75 Å². The lowest BCUT2D eigenvalue weighted by molar-refractivity contribution is 0.145. The predicted octanol–water partition coefficient (Wildman–Crippen LogP) is 2.74. The summed E-state index contributed by atoms with van der Waals surface area (Å²) in [5, 5.41) is 10.1. The van der Waals surface area contributed by atoms with Crippen LogP contribution in [0.1, 0.15) is 45.3 Å². The quantitative estimate of drug-likeness (QED) is 0.768. The maximum absolute atomic E-state index is 13.2. The first-order valence-corrected chi connectivity index (χ1v) is 8.98. The lowest BCUT2D eigenvalue weighted by Crippen LogP contribution is -2.39. The van der Waals surface area contributed by atoms with Gasteiger partial charge in [0.25, 0.3) is 0 Å². The summed E-state index contributed by atoms with van der Waals surface area (Å²) in [6, 6.07) is 2.16. The topological polar surface area (TPSA) is 66.4 Å². The standard InChI is InChI=1S/C15H23F2NO3S/c1-4-11(5-2)9-22(20,21)18-10(3)15(19)12-6-7-13(16)14(17)8-12/h6-8,10-11,15,18-19H,4-5,9H2,1-3H3. The summed E-state index contributed by atoms with van der Waals surface area (Å²) in [4.78, 5) is 0. The monoisotopic (exact) mass is 335 g/mol. The highest BCUT2D eigenvalue weighted by molar-refractivity contribution is 7.89. The predicted molar refractivity (Wildman–Crippen MR) is 81.8 cm³/mol. The van der Waals surface area contributed by atoms with E-state index >= 15 is 0 Å². The maximum Gasteiger partial charge on any atom is 0.212 e. The molecule has 0 bridgehead atoms. The molecule has 0 aliphatic heterocycles. The van der Waals surface area contributed by atoms with Crippen molar-refractivity contribution in [3.8, 4) is 0 Å². The number of nitrogens with one attached hydrogen (secondary N) is 1. The van der Waals surface area contributed by atoms with E-state index in [2.05, 4.69) is 4.72 Å². The Hall–Kier alpha value is -1.05. The van der Waals surface area contributed by atoms with Crippen LogP contribution in [0.4, 0.5) is 8.78 Å². The second-order valence-corrected chi connectivity index (χ2v) is 7.29. The van der Waals surface area contributed by atoms with E-state index in [0.717, 1.165) is 25.0 Å². The molecule has 1 aromatic rings. The third kappa shape index (κ3) is 5.30. The first kappa shape index (κ1) is 19.0. The van der Waals surface area contributed by atoms with Gasteiger partial charge in [-0.15, -0.1) is 0 Å². The summed E-state index contributed by atoms with van der Waals surface area (Å²) in [6.45, 7) is 5.32. The van der Waals surface area contributed by atoms with E-state index in [4.69, 9.17) is 0 Å². The van der Waals surface area contributed by atoms with Crippen molar-refractivity contribution in [3.05, 3.63) is 35.4 Å². The summed E-state index contributed by atoms with van der Waals surface area (Å²) in [7, 11) is -3.55. The number of aliphatic hydroxyl groups excluding tert-OH is 1. The fourth-order valence-corrected chi connectivity index (χ4v) is 4.10. The van der Waals surface area contributed by atoms with E-state index < -0.39 is 33.8 Å². The zero-order valence-corrected chi connectivity index (χ0v) is 13.8. The van der Waals surface area contributed by atoms with Crippen LogP contribution < -0.4 is 4.72 Å². The van der Waals surface area contributed by atoms with Crippen LogP contribution in [0.3, 0.4) is 0 Å². The van der Waals surface area contributed by atoms with Crippen molar-refractivity contribution in [1.82, 2.24) is 4.72 Å². The van der Waals surface area contributed by atoms with Crippen molar-refractivity contribution in [1.29, 1.82) is 0 Å². The molecule has 0 amide bonds. The highest BCUT2D eigenvalue weighted by atomic mass is 32.2. The molecule has 0 aliphatic carbocycles. The number of hydrogen-bond donors (Lipinski definition) is 2. The van der Waals surface area contributed by atoms with E-state index in [1.807, 2.05) is 13.8 Å². The maximum atomic E-state index is 13.2. The molecular formula is C15H23F2NO3S. The van der Waals surface area contributed by atoms with Crippen LogP contribution in [0.2, 0.25) is 0 Å². The highest BCUT2D eigenvalue weighted by Crippen LogP contribution is 2.20. The third-order valence-electron chi connectivity index (χ3n) is 3.73. The number of hydrogen-bond acceptors (Lipinski definition) is 3. The largest absolute Gasteiger partial charge is 0.387 e. The first-order valence-electron chi connectivity index (χ1n) is 7.33. The number of halogens is 2. The summed E-state index contributed by atoms with van der Waals surface area (Å²) in [5.74, 6) is -2.07. The zero-order valence-electron chi connectivity index (χ0n) is 13.0. The summed E-state index contributed by atoms with van der Waals surface area (Å²) >= 11 is 0. The first-order chi connectivity index (χ1) is 10.2. The molecule has 126 valence electrons. The van der Waals surface area contributed by atoms with Crippen LogP contribution in [-0.4, -0.2) is 25.3 Å². The molecule has 0 spiro atoms. The number of aliphatic hydroxyl groups is 1. The number of sulfonamides is 1. The molecule has 2 unspecified atom stereocenters. The molecule has 0 saturated heterocycles. The summed E-state index contributed by atoms with van der Waals surface area (Å²) in [5.41, 5.74) is 0.122. The second kappa shape index (κ2) is 7.99. The molecule has 0 saturated carbocycles. The number of benzene rings is 1. The van der Waals surface area contributed by atoms with Gasteiger partial charge >= 0.3 is 0 Å². The Labute approximate surface area is 130 Å². The normalized spacial score (nSPS) is 15.0. The fraction of sp³-hybridized carbons (Fsp3) is 0.600. The van der Waals surface area contributed by atoms with Crippen molar-refractivity contribution in [2.45, 2.75) is 45.8 Å². The van der Waals surface area contributed by atoms with E-state index in [0.29, 0.717) is 0 Å². The van der Waals surface area contributed by atoms with E-state index in [1.54, 1.807) is 0 Å². The van der Waals surface area contributed by atoms with Gasteiger partial charge in [0.2, 0.25) is 10.0 Å². The molecule has 0 radical (unpaired) electrons. The van der Waals surface area contributed by atoms with Crippen molar-refractivity contribution in [2.24, 2.45) is 5.92 Å². The third-order valence-corrected chi connectivity index (χ3v) is 5.38. The lowest BCUT2D eigenvalue weighted by Gasteiger charge is -2.22. The van der Waals surface area contributed by atoms with Crippen LogP contribution in [-0.2, 0) is 10.0 Å². The molecule has 0 aliphatic rings. The Balaban J connectivity index is 2.78. The van der Waals surface area contributed by atoms with Gasteiger partial charge in [-0.3, -0.25) is 0 Å². The molecule has 0 fully saturated rings. The minimum Gasteiger partial charge on any atom is -0.387 e. The van der Waals surface area contributed by atoms with Crippen molar-refractivity contribution in [3.63, 3.8) is 0 Å². The lowest BCUT2D eigenvalue weighted by atomic mass is 10.0. The van der Waals surface area contributed by atoms with Gasteiger partial charge in [-0.25, -0.2) is 21.9 Å². The average molecular weight is 335 g/mol. The van der Waals surface area contributed by atoms with Gasteiger partial charge in [-0.2, -0.15) is 0 Å². The Morgan fingerprint density at radius 1 is 1.18 bits per heavy atom.